The van der Waals surface area contributed by atoms with E-state index in [4.69, 9.17) is 13.3 Å². The average molecular weight is 267 g/mol. The van der Waals surface area contributed by atoms with Crippen LogP contribution in [-0.2, 0) is 22.9 Å². The molecule has 1 aliphatic heterocycles. The molecule has 1 rings (SSSR count). The first kappa shape index (κ1) is 13.8. The highest BCUT2D eigenvalue weighted by Crippen LogP contribution is 2.16. The lowest BCUT2D eigenvalue weighted by molar-refractivity contribution is -0.136. The summed E-state index contributed by atoms with van der Waals surface area (Å²) in [5, 5.41) is 0. The Labute approximate surface area is 106 Å². The molecule has 0 unspecified atom stereocenters. The van der Waals surface area contributed by atoms with Gasteiger partial charge in [-0.15, -0.1) is 0 Å². The van der Waals surface area contributed by atoms with E-state index in [1.807, 2.05) is 0 Å². The first-order valence-corrected chi connectivity index (χ1v) is 6.91. The maximum absolute atomic E-state index is 11.5. The fraction of sp³-hybridized carbons (Fsp3) is 0.0909. The largest absolute Gasteiger partial charge is 0.719 e. The second-order valence-electron chi connectivity index (χ2n) is 3.13. The summed E-state index contributed by atoms with van der Waals surface area (Å²) in [6.45, 7) is 10.2. The average Bonchev–Trinajstić information content (AvgIpc) is 2.62. The summed E-state index contributed by atoms with van der Waals surface area (Å²) in [6.07, 6.45) is 5.54. The molecule has 0 bridgehead atoms. The minimum Gasteiger partial charge on any atom is -0.490 e. The van der Waals surface area contributed by atoms with Crippen LogP contribution in [0.25, 0.3) is 0 Å². The van der Waals surface area contributed by atoms with Gasteiger partial charge in [0.25, 0.3) is 11.8 Å². The predicted octanol–water partition coefficient (Wildman–Crippen LogP) is 0.870. The monoisotopic (exact) mass is 267 g/mol. The van der Waals surface area contributed by atoms with Gasteiger partial charge < -0.3 is 13.3 Å². The van der Waals surface area contributed by atoms with Gasteiger partial charge in [-0.25, -0.2) is 0 Å². The first-order chi connectivity index (χ1) is 8.58. The molecule has 96 valence electrons. The Kier molecular flexibility index (Phi) is 4.49. The maximum Gasteiger partial charge on any atom is 0.719 e. The quantitative estimate of drug-likeness (QED) is 0.371. The van der Waals surface area contributed by atoms with Crippen molar-refractivity contribution in [3.8, 4) is 0 Å². The summed E-state index contributed by atoms with van der Waals surface area (Å²) in [7, 11) is -3.35. The molecule has 0 aromatic heterocycles. The molecular formula is C11H13NO5Si. The Bertz CT molecular complexity index is 373. The molecule has 0 saturated heterocycles. The zero-order chi connectivity index (χ0) is 13.6. The molecule has 6 nitrogen and oxygen atoms in total. The van der Waals surface area contributed by atoms with E-state index in [1.165, 1.54) is 0 Å². The van der Waals surface area contributed by atoms with E-state index in [-0.39, 0.29) is 6.17 Å². The maximum atomic E-state index is 11.5. The van der Waals surface area contributed by atoms with Crippen LogP contribution in [0.15, 0.2) is 50.7 Å². The van der Waals surface area contributed by atoms with Crippen molar-refractivity contribution in [1.82, 2.24) is 4.90 Å². The molecule has 1 aliphatic rings. The van der Waals surface area contributed by atoms with Gasteiger partial charge in [-0.2, -0.15) is 0 Å². The number of hydrogen-bond donors (Lipinski definition) is 0. The van der Waals surface area contributed by atoms with Crippen LogP contribution in [0, 0.1) is 0 Å². The number of imide groups is 1. The third kappa shape index (κ3) is 2.89. The number of carbonyl (C=O) groups excluding carboxylic acids is 2. The second-order valence-corrected chi connectivity index (χ2v) is 5.52. The number of hydrogen-bond acceptors (Lipinski definition) is 5. The minimum absolute atomic E-state index is 0.151. The fourth-order valence-electron chi connectivity index (χ4n) is 1.36. The van der Waals surface area contributed by atoms with Crippen molar-refractivity contribution in [2.45, 2.75) is 0 Å². The summed E-state index contributed by atoms with van der Waals surface area (Å²) < 4.78 is 15.6. The van der Waals surface area contributed by atoms with E-state index in [0.29, 0.717) is 0 Å². The molecule has 0 aliphatic carbocycles. The van der Waals surface area contributed by atoms with Gasteiger partial charge >= 0.3 is 8.80 Å². The van der Waals surface area contributed by atoms with Crippen LogP contribution in [0.5, 0.6) is 0 Å². The third-order valence-corrected chi connectivity index (χ3v) is 4.32. The van der Waals surface area contributed by atoms with E-state index < -0.39 is 20.6 Å². The van der Waals surface area contributed by atoms with Crippen LogP contribution in [-0.4, -0.2) is 31.7 Å². The van der Waals surface area contributed by atoms with Crippen molar-refractivity contribution in [3.63, 3.8) is 0 Å². The molecule has 0 aromatic carbocycles. The van der Waals surface area contributed by atoms with Gasteiger partial charge in [-0.05, 0) is 0 Å². The summed E-state index contributed by atoms with van der Waals surface area (Å²) in [5.74, 6) is -0.908. The SMILES string of the molecule is C=CO[Si](CN1C(=O)C=CC1=O)(OC=C)OC=C. The van der Waals surface area contributed by atoms with Crippen molar-refractivity contribution >= 4 is 20.6 Å². The molecule has 18 heavy (non-hydrogen) atoms. The van der Waals surface area contributed by atoms with Gasteiger partial charge in [-0.1, -0.05) is 19.7 Å². The number of carbonyl (C=O) groups is 2. The number of rotatable bonds is 8. The van der Waals surface area contributed by atoms with E-state index in [9.17, 15) is 9.59 Å². The fourth-order valence-corrected chi connectivity index (χ4v) is 3.21. The Hall–Kier alpha value is -2.28. The van der Waals surface area contributed by atoms with Crippen molar-refractivity contribution < 1.29 is 22.9 Å². The lowest BCUT2D eigenvalue weighted by Crippen LogP contribution is -2.54. The Morgan fingerprint density at radius 1 is 1.00 bits per heavy atom. The predicted molar refractivity (Wildman–Crippen MR) is 65.5 cm³/mol. The van der Waals surface area contributed by atoms with Gasteiger partial charge in [0.05, 0.1) is 18.8 Å². The van der Waals surface area contributed by atoms with Crippen molar-refractivity contribution in [2.24, 2.45) is 0 Å². The van der Waals surface area contributed by atoms with E-state index in [2.05, 4.69) is 19.7 Å². The molecular weight excluding hydrogens is 254 g/mol. The topological polar surface area (TPSA) is 65.1 Å². The molecule has 0 spiro atoms. The van der Waals surface area contributed by atoms with Gasteiger partial charge in [-0.3, -0.25) is 14.5 Å². The molecule has 1 heterocycles. The third-order valence-electron chi connectivity index (χ3n) is 2.04. The molecule has 2 amide bonds. The molecule has 0 aromatic rings. The van der Waals surface area contributed by atoms with Gasteiger partial charge in [0, 0.05) is 12.2 Å². The zero-order valence-corrected chi connectivity index (χ0v) is 10.7. The highest BCUT2D eigenvalue weighted by Gasteiger charge is 2.51. The van der Waals surface area contributed by atoms with Gasteiger partial charge in [0.2, 0.25) is 0 Å². The zero-order valence-electron chi connectivity index (χ0n) is 9.70. The van der Waals surface area contributed by atoms with Gasteiger partial charge in [0.1, 0.15) is 6.17 Å². The van der Waals surface area contributed by atoms with Crippen LogP contribution in [0.3, 0.4) is 0 Å². The standard InChI is InChI=1S/C11H13NO5Si/c1-4-15-18(16-5-2,17-6-3)9-12-10(13)7-8-11(12)14/h4-8H,1-3,9H2. The summed E-state index contributed by atoms with van der Waals surface area (Å²) >= 11 is 0. The van der Waals surface area contributed by atoms with Crippen LogP contribution in [0.2, 0.25) is 0 Å². The van der Waals surface area contributed by atoms with Crippen molar-refractivity contribution in [3.05, 3.63) is 50.7 Å². The normalized spacial score (nSPS) is 14.3. The highest BCUT2D eigenvalue weighted by atomic mass is 28.4. The van der Waals surface area contributed by atoms with Crippen molar-refractivity contribution in [1.29, 1.82) is 0 Å². The Morgan fingerprint density at radius 3 is 1.72 bits per heavy atom. The lowest BCUT2D eigenvalue weighted by Gasteiger charge is -2.28. The van der Waals surface area contributed by atoms with Gasteiger partial charge in [0.15, 0.2) is 0 Å². The Morgan fingerprint density at radius 2 is 1.39 bits per heavy atom. The molecule has 0 fully saturated rings. The van der Waals surface area contributed by atoms with Crippen LogP contribution in [0.1, 0.15) is 0 Å². The van der Waals surface area contributed by atoms with Crippen LogP contribution >= 0.6 is 0 Å². The van der Waals surface area contributed by atoms with E-state index >= 15 is 0 Å². The first-order valence-electron chi connectivity index (χ1n) is 4.98. The molecule has 0 atom stereocenters. The van der Waals surface area contributed by atoms with Crippen LogP contribution in [0.4, 0.5) is 0 Å². The van der Waals surface area contributed by atoms with E-state index in [1.54, 1.807) is 0 Å². The summed E-state index contributed by atoms with van der Waals surface area (Å²) in [4.78, 5) is 23.9. The van der Waals surface area contributed by atoms with E-state index in [0.717, 1.165) is 35.8 Å². The summed E-state index contributed by atoms with van der Waals surface area (Å²) in [6, 6.07) is 0. The number of amides is 2. The smallest absolute Gasteiger partial charge is 0.490 e. The minimum atomic E-state index is -3.35. The number of nitrogens with zero attached hydrogens (tertiary/aromatic N) is 1. The second kappa shape index (κ2) is 5.87. The molecule has 0 N–H and O–H groups in total. The van der Waals surface area contributed by atoms with Crippen LogP contribution < -0.4 is 0 Å². The molecule has 0 saturated carbocycles. The van der Waals surface area contributed by atoms with Crippen molar-refractivity contribution in [2.75, 3.05) is 6.17 Å². The highest BCUT2D eigenvalue weighted by molar-refractivity contribution is 6.62. The molecule has 7 heteroatoms. The Balaban J connectivity index is 2.91. The summed E-state index contributed by atoms with van der Waals surface area (Å²) in [5.41, 5.74) is 0. The lowest BCUT2D eigenvalue weighted by atomic mass is 10.6. The molecule has 0 radical (unpaired) electrons.